The highest BCUT2D eigenvalue weighted by Gasteiger charge is 2.35. The van der Waals surface area contributed by atoms with Crippen molar-refractivity contribution in [3.63, 3.8) is 0 Å². The fraction of sp³-hybridized carbons (Fsp3) is 0.462. The first-order valence-electron chi connectivity index (χ1n) is 6.07. The molecular weight excluding hydrogens is 273 g/mol. The summed E-state index contributed by atoms with van der Waals surface area (Å²) >= 11 is 0. The van der Waals surface area contributed by atoms with E-state index in [1.54, 1.807) is 13.8 Å². The van der Waals surface area contributed by atoms with Crippen LogP contribution in [0.4, 0.5) is 18.9 Å². The average molecular weight is 290 g/mol. The predicted octanol–water partition coefficient (Wildman–Crippen LogP) is 2.13. The lowest BCUT2D eigenvalue weighted by atomic mass is 10.1. The van der Waals surface area contributed by atoms with Gasteiger partial charge in [-0.15, -0.1) is 0 Å². The van der Waals surface area contributed by atoms with Crippen LogP contribution >= 0.6 is 0 Å². The number of nitrogens with zero attached hydrogens (tertiary/aromatic N) is 1. The second-order valence-corrected chi connectivity index (χ2v) is 4.58. The van der Waals surface area contributed by atoms with Crippen LogP contribution < -0.4 is 5.73 Å². The smallest absolute Gasteiger partial charge is 0.398 e. The molecule has 0 bridgehead atoms. The number of hydrogen-bond acceptors (Lipinski definition) is 3. The van der Waals surface area contributed by atoms with Crippen LogP contribution in [-0.4, -0.2) is 35.1 Å². The molecule has 112 valence electrons. The van der Waals surface area contributed by atoms with E-state index in [9.17, 15) is 18.0 Å². The summed E-state index contributed by atoms with van der Waals surface area (Å²) in [7, 11) is 0. The van der Waals surface area contributed by atoms with Crippen molar-refractivity contribution in [1.82, 2.24) is 4.90 Å². The van der Waals surface area contributed by atoms with Crippen LogP contribution in [-0.2, 0) is 6.18 Å². The van der Waals surface area contributed by atoms with Gasteiger partial charge < -0.3 is 15.7 Å². The molecule has 0 heterocycles. The molecule has 4 nitrogen and oxygen atoms in total. The Kier molecular flexibility index (Phi) is 4.99. The number of nitrogens with two attached hydrogens (primary N) is 1. The van der Waals surface area contributed by atoms with Gasteiger partial charge in [-0.25, -0.2) is 0 Å². The maximum Gasteiger partial charge on any atom is 0.418 e. The maximum atomic E-state index is 12.8. The third-order valence-corrected chi connectivity index (χ3v) is 2.87. The van der Waals surface area contributed by atoms with Gasteiger partial charge in [-0.05, 0) is 26.0 Å². The molecule has 0 aliphatic heterocycles. The SMILES string of the molecule is CC(C)N(CCO)C(=O)c1cccc(C(F)(F)F)c1N. The molecule has 0 saturated carbocycles. The zero-order valence-electron chi connectivity index (χ0n) is 11.2. The van der Waals surface area contributed by atoms with Crippen LogP contribution in [0.3, 0.4) is 0 Å². The van der Waals surface area contributed by atoms with Crippen molar-refractivity contribution >= 4 is 11.6 Å². The monoisotopic (exact) mass is 290 g/mol. The molecule has 0 spiro atoms. The first kappa shape index (κ1) is 16.3. The normalized spacial score (nSPS) is 11.8. The first-order valence-corrected chi connectivity index (χ1v) is 6.07. The number of carbonyl (C=O) groups excluding carboxylic acids is 1. The van der Waals surface area contributed by atoms with Gasteiger partial charge >= 0.3 is 6.18 Å². The molecule has 1 aromatic rings. The summed E-state index contributed by atoms with van der Waals surface area (Å²) in [6, 6.07) is 2.96. The van der Waals surface area contributed by atoms with Crippen molar-refractivity contribution in [1.29, 1.82) is 0 Å². The summed E-state index contributed by atoms with van der Waals surface area (Å²) in [5.41, 5.74) is 3.65. The Balaban J connectivity index is 3.23. The Bertz CT molecular complexity index is 487. The number of anilines is 1. The number of nitrogen functional groups attached to an aromatic ring is 1. The molecule has 0 radical (unpaired) electrons. The molecule has 1 rings (SSSR count). The Morgan fingerprint density at radius 2 is 2.00 bits per heavy atom. The number of benzene rings is 1. The van der Waals surface area contributed by atoms with Crippen LogP contribution in [0.5, 0.6) is 0 Å². The second kappa shape index (κ2) is 6.13. The molecule has 0 saturated heterocycles. The van der Waals surface area contributed by atoms with Crippen molar-refractivity contribution < 1.29 is 23.1 Å². The van der Waals surface area contributed by atoms with Crippen molar-refractivity contribution in [3.8, 4) is 0 Å². The quantitative estimate of drug-likeness (QED) is 0.835. The van der Waals surface area contributed by atoms with Gasteiger partial charge in [0.2, 0.25) is 0 Å². The Hall–Kier alpha value is -1.76. The van der Waals surface area contributed by atoms with Crippen molar-refractivity contribution in [3.05, 3.63) is 29.3 Å². The van der Waals surface area contributed by atoms with E-state index in [4.69, 9.17) is 10.8 Å². The summed E-state index contributed by atoms with van der Waals surface area (Å²) in [6.45, 7) is 3.17. The highest BCUT2D eigenvalue weighted by Crippen LogP contribution is 2.35. The average Bonchev–Trinajstić information content (AvgIpc) is 2.33. The van der Waals surface area contributed by atoms with Gasteiger partial charge in [-0.2, -0.15) is 13.2 Å². The summed E-state index contributed by atoms with van der Waals surface area (Å²) in [6.07, 6.45) is -4.61. The van der Waals surface area contributed by atoms with E-state index in [2.05, 4.69) is 0 Å². The molecular formula is C13H17F3N2O2. The molecule has 3 N–H and O–H groups in total. The van der Waals surface area contributed by atoms with Crippen LogP contribution in [0.25, 0.3) is 0 Å². The number of aliphatic hydroxyl groups is 1. The van der Waals surface area contributed by atoms with E-state index in [0.29, 0.717) is 0 Å². The number of rotatable bonds is 4. The third-order valence-electron chi connectivity index (χ3n) is 2.87. The Labute approximate surface area is 115 Å². The molecule has 20 heavy (non-hydrogen) atoms. The summed E-state index contributed by atoms with van der Waals surface area (Å²) in [4.78, 5) is 13.5. The maximum absolute atomic E-state index is 12.8. The number of carbonyl (C=O) groups is 1. The molecule has 0 aliphatic carbocycles. The van der Waals surface area contributed by atoms with Gasteiger partial charge in [0.25, 0.3) is 5.91 Å². The molecule has 0 atom stereocenters. The Morgan fingerprint density at radius 1 is 1.40 bits per heavy atom. The zero-order chi connectivity index (χ0) is 15.5. The number of amides is 1. The molecule has 0 unspecified atom stereocenters. The summed E-state index contributed by atoms with van der Waals surface area (Å²) in [5.74, 6) is -0.627. The first-order chi connectivity index (χ1) is 9.20. The number of aliphatic hydroxyl groups excluding tert-OH is 1. The lowest BCUT2D eigenvalue weighted by molar-refractivity contribution is -0.136. The van der Waals surface area contributed by atoms with E-state index in [1.807, 2.05) is 0 Å². The highest BCUT2D eigenvalue weighted by molar-refractivity contribution is 6.00. The van der Waals surface area contributed by atoms with E-state index >= 15 is 0 Å². The van der Waals surface area contributed by atoms with Crippen molar-refractivity contribution in [2.75, 3.05) is 18.9 Å². The van der Waals surface area contributed by atoms with E-state index < -0.39 is 23.3 Å². The minimum absolute atomic E-state index is 0.0339. The molecule has 1 aromatic carbocycles. The number of para-hydroxylation sites is 1. The predicted molar refractivity (Wildman–Crippen MR) is 69.1 cm³/mol. The topological polar surface area (TPSA) is 66.6 Å². The van der Waals surface area contributed by atoms with E-state index in [1.165, 1.54) is 11.0 Å². The lowest BCUT2D eigenvalue weighted by Crippen LogP contribution is -2.39. The summed E-state index contributed by atoms with van der Waals surface area (Å²) in [5, 5.41) is 8.93. The van der Waals surface area contributed by atoms with Gasteiger partial charge in [0.05, 0.1) is 23.4 Å². The molecule has 0 aliphatic rings. The minimum Gasteiger partial charge on any atom is -0.398 e. The standard InChI is InChI=1S/C13H17F3N2O2/c1-8(2)18(6-7-19)12(20)9-4-3-5-10(11(9)17)13(14,15)16/h3-5,8,19H,6-7,17H2,1-2H3. The van der Waals surface area contributed by atoms with Crippen molar-refractivity contribution in [2.24, 2.45) is 0 Å². The van der Waals surface area contributed by atoms with Gasteiger partial charge in [-0.1, -0.05) is 6.07 Å². The van der Waals surface area contributed by atoms with Gasteiger partial charge in [0.1, 0.15) is 0 Å². The number of halogens is 3. The number of hydrogen-bond donors (Lipinski definition) is 2. The third kappa shape index (κ3) is 3.41. The van der Waals surface area contributed by atoms with Gasteiger partial charge in [0.15, 0.2) is 0 Å². The number of alkyl halides is 3. The van der Waals surface area contributed by atoms with E-state index in [-0.39, 0.29) is 24.8 Å². The van der Waals surface area contributed by atoms with Gasteiger partial charge in [-0.3, -0.25) is 4.79 Å². The fourth-order valence-electron chi connectivity index (χ4n) is 1.86. The molecule has 0 aromatic heterocycles. The zero-order valence-corrected chi connectivity index (χ0v) is 11.2. The second-order valence-electron chi connectivity index (χ2n) is 4.58. The van der Waals surface area contributed by atoms with Crippen LogP contribution in [0.2, 0.25) is 0 Å². The summed E-state index contributed by atoms with van der Waals surface area (Å²) < 4.78 is 38.3. The largest absolute Gasteiger partial charge is 0.418 e. The molecule has 7 heteroatoms. The van der Waals surface area contributed by atoms with E-state index in [0.717, 1.165) is 12.1 Å². The molecule has 0 fully saturated rings. The highest BCUT2D eigenvalue weighted by atomic mass is 19.4. The molecule has 1 amide bonds. The Morgan fingerprint density at radius 3 is 2.45 bits per heavy atom. The van der Waals surface area contributed by atoms with Gasteiger partial charge in [0, 0.05) is 12.6 Å². The lowest BCUT2D eigenvalue weighted by Gasteiger charge is -2.27. The van der Waals surface area contributed by atoms with Crippen LogP contribution in [0.1, 0.15) is 29.8 Å². The van der Waals surface area contributed by atoms with Crippen molar-refractivity contribution in [2.45, 2.75) is 26.1 Å². The fourth-order valence-corrected chi connectivity index (χ4v) is 1.86. The van der Waals surface area contributed by atoms with Crippen LogP contribution in [0, 0.1) is 0 Å². The van der Waals surface area contributed by atoms with Crippen LogP contribution in [0.15, 0.2) is 18.2 Å². The minimum atomic E-state index is -4.61.